The largest absolute Gasteiger partial charge is 0.391 e. The highest BCUT2D eigenvalue weighted by atomic mass is 16.3. The van der Waals surface area contributed by atoms with Gasteiger partial charge in [0.2, 0.25) is 5.91 Å². The summed E-state index contributed by atoms with van der Waals surface area (Å²) in [7, 11) is 0. The van der Waals surface area contributed by atoms with Crippen molar-refractivity contribution in [1.29, 1.82) is 0 Å². The number of rotatable bonds is 4. The van der Waals surface area contributed by atoms with Gasteiger partial charge in [-0.25, -0.2) is 0 Å². The average molecular weight is 290 g/mol. The van der Waals surface area contributed by atoms with Crippen LogP contribution in [0.4, 0.5) is 0 Å². The molecule has 0 unspecified atom stereocenters. The van der Waals surface area contributed by atoms with Crippen LogP contribution in [-0.4, -0.2) is 35.6 Å². The standard InChI is InChI=1S/C16H22N2O3/c1-11-5-4-6-12(9-11)16(21)17-10-15(20)18-13-7-2-3-8-14(13)19/h4-6,9,13-14,19H,2-3,7-8,10H2,1H3,(H,17,21)(H,18,20)/t13-,14-/m0/s1. The second-order valence-corrected chi connectivity index (χ2v) is 5.58. The lowest BCUT2D eigenvalue weighted by Gasteiger charge is -2.28. The van der Waals surface area contributed by atoms with Crippen molar-refractivity contribution in [3.05, 3.63) is 35.4 Å². The lowest BCUT2D eigenvalue weighted by molar-refractivity contribution is -0.122. The van der Waals surface area contributed by atoms with Crippen LogP contribution >= 0.6 is 0 Å². The molecule has 5 heteroatoms. The number of hydrogen-bond acceptors (Lipinski definition) is 3. The van der Waals surface area contributed by atoms with E-state index in [1.54, 1.807) is 12.1 Å². The van der Waals surface area contributed by atoms with Crippen LogP contribution < -0.4 is 10.6 Å². The van der Waals surface area contributed by atoms with E-state index in [0.717, 1.165) is 31.2 Å². The Kier molecular flexibility index (Phi) is 5.33. The topological polar surface area (TPSA) is 78.4 Å². The third-order valence-corrected chi connectivity index (χ3v) is 3.77. The van der Waals surface area contributed by atoms with Crippen LogP contribution in [0.25, 0.3) is 0 Å². The molecule has 1 aromatic rings. The Morgan fingerprint density at radius 1 is 1.29 bits per heavy atom. The highest BCUT2D eigenvalue weighted by Gasteiger charge is 2.24. The van der Waals surface area contributed by atoms with Crippen molar-refractivity contribution >= 4 is 11.8 Å². The van der Waals surface area contributed by atoms with E-state index in [-0.39, 0.29) is 24.4 Å². The molecule has 0 aromatic heterocycles. The van der Waals surface area contributed by atoms with Crippen molar-refractivity contribution in [2.45, 2.75) is 44.8 Å². The van der Waals surface area contributed by atoms with E-state index in [4.69, 9.17) is 0 Å². The van der Waals surface area contributed by atoms with E-state index in [2.05, 4.69) is 10.6 Å². The van der Waals surface area contributed by atoms with Gasteiger partial charge in [-0.1, -0.05) is 30.5 Å². The molecule has 1 fully saturated rings. The number of benzene rings is 1. The monoisotopic (exact) mass is 290 g/mol. The van der Waals surface area contributed by atoms with Crippen LogP contribution in [0.5, 0.6) is 0 Å². The van der Waals surface area contributed by atoms with Crippen molar-refractivity contribution in [3.63, 3.8) is 0 Å². The average Bonchev–Trinajstić information content (AvgIpc) is 2.47. The third-order valence-electron chi connectivity index (χ3n) is 3.77. The molecule has 0 saturated heterocycles. The van der Waals surface area contributed by atoms with E-state index in [9.17, 15) is 14.7 Å². The van der Waals surface area contributed by atoms with Crippen LogP contribution in [-0.2, 0) is 4.79 Å². The van der Waals surface area contributed by atoms with Crippen molar-refractivity contribution in [2.75, 3.05) is 6.54 Å². The lowest BCUT2D eigenvalue weighted by Crippen LogP contribution is -2.48. The quantitative estimate of drug-likeness (QED) is 0.778. The lowest BCUT2D eigenvalue weighted by atomic mass is 9.92. The molecular formula is C16H22N2O3. The minimum atomic E-state index is -0.477. The number of carbonyl (C=O) groups excluding carboxylic acids is 2. The maximum atomic E-state index is 11.9. The minimum Gasteiger partial charge on any atom is -0.391 e. The summed E-state index contributed by atoms with van der Waals surface area (Å²) in [6.45, 7) is 1.84. The van der Waals surface area contributed by atoms with Crippen LogP contribution in [0.2, 0.25) is 0 Å². The Balaban J connectivity index is 1.79. The van der Waals surface area contributed by atoms with Gasteiger partial charge >= 0.3 is 0 Å². The van der Waals surface area contributed by atoms with E-state index in [1.807, 2.05) is 19.1 Å². The van der Waals surface area contributed by atoms with Gasteiger partial charge in [0.25, 0.3) is 5.91 Å². The number of aryl methyl sites for hydroxylation is 1. The van der Waals surface area contributed by atoms with Crippen LogP contribution in [0, 0.1) is 6.92 Å². The molecule has 2 atom stereocenters. The molecule has 0 radical (unpaired) electrons. The molecule has 0 bridgehead atoms. The fraction of sp³-hybridized carbons (Fsp3) is 0.500. The SMILES string of the molecule is Cc1cccc(C(=O)NCC(=O)N[C@H]2CCCC[C@@H]2O)c1. The molecule has 1 aliphatic carbocycles. The maximum absolute atomic E-state index is 11.9. The zero-order valence-electron chi connectivity index (χ0n) is 12.3. The van der Waals surface area contributed by atoms with Crippen molar-refractivity contribution in [3.8, 4) is 0 Å². The molecule has 1 saturated carbocycles. The molecule has 1 aliphatic rings. The Bertz CT molecular complexity index is 516. The van der Waals surface area contributed by atoms with Gasteiger partial charge < -0.3 is 15.7 Å². The van der Waals surface area contributed by atoms with Crippen LogP contribution in [0.1, 0.15) is 41.6 Å². The zero-order valence-corrected chi connectivity index (χ0v) is 12.3. The maximum Gasteiger partial charge on any atom is 0.251 e. The molecule has 1 aromatic carbocycles. The number of hydrogen-bond donors (Lipinski definition) is 3. The first-order chi connectivity index (χ1) is 10.1. The van der Waals surface area contributed by atoms with Crippen molar-refractivity contribution in [1.82, 2.24) is 10.6 Å². The Labute approximate surface area is 124 Å². The van der Waals surface area contributed by atoms with E-state index in [0.29, 0.717) is 5.56 Å². The summed E-state index contributed by atoms with van der Waals surface area (Å²) in [5.74, 6) is -0.528. The van der Waals surface area contributed by atoms with Crippen LogP contribution in [0.3, 0.4) is 0 Å². The van der Waals surface area contributed by atoms with Crippen molar-refractivity contribution in [2.24, 2.45) is 0 Å². The third kappa shape index (κ3) is 4.56. The van der Waals surface area contributed by atoms with Gasteiger partial charge in [0.15, 0.2) is 0 Å². The number of aliphatic hydroxyl groups is 1. The van der Waals surface area contributed by atoms with Gasteiger partial charge in [0.1, 0.15) is 0 Å². The molecule has 2 amide bonds. The number of nitrogens with one attached hydrogen (secondary N) is 2. The summed E-state index contributed by atoms with van der Waals surface area (Å²) >= 11 is 0. The van der Waals surface area contributed by atoms with Gasteiger partial charge in [0, 0.05) is 5.56 Å². The number of carbonyl (C=O) groups is 2. The first kappa shape index (κ1) is 15.5. The van der Waals surface area contributed by atoms with Gasteiger partial charge in [-0.15, -0.1) is 0 Å². The summed E-state index contributed by atoms with van der Waals surface area (Å²) in [6.07, 6.45) is 3.05. The molecule has 114 valence electrons. The van der Waals surface area contributed by atoms with E-state index in [1.165, 1.54) is 0 Å². The first-order valence-electron chi connectivity index (χ1n) is 7.38. The number of aliphatic hydroxyl groups excluding tert-OH is 1. The fourth-order valence-electron chi connectivity index (χ4n) is 2.59. The first-order valence-corrected chi connectivity index (χ1v) is 7.38. The molecule has 0 spiro atoms. The zero-order chi connectivity index (χ0) is 15.2. The summed E-state index contributed by atoms with van der Waals surface area (Å²) < 4.78 is 0. The van der Waals surface area contributed by atoms with E-state index < -0.39 is 6.10 Å². The molecule has 3 N–H and O–H groups in total. The highest BCUT2D eigenvalue weighted by molar-refractivity contribution is 5.96. The molecule has 0 aliphatic heterocycles. The van der Waals surface area contributed by atoms with Gasteiger partial charge in [0.05, 0.1) is 18.7 Å². The van der Waals surface area contributed by atoms with E-state index >= 15 is 0 Å². The normalized spacial score (nSPS) is 21.6. The van der Waals surface area contributed by atoms with Gasteiger partial charge in [-0.2, -0.15) is 0 Å². The van der Waals surface area contributed by atoms with Crippen molar-refractivity contribution < 1.29 is 14.7 Å². The van der Waals surface area contributed by atoms with Gasteiger partial charge in [-0.05, 0) is 31.9 Å². The second-order valence-electron chi connectivity index (χ2n) is 5.58. The Morgan fingerprint density at radius 2 is 2.05 bits per heavy atom. The summed E-state index contributed by atoms with van der Waals surface area (Å²) in [4.78, 5) is 23.7. The molecular weight excluding hydrogens is 268 g/mol. The highest BCUT2D eigenvalue weighted by Crippen LogP contribution is 2.18. The van der Waals surface area contributed by atoms with Gasteiger partial charge in [-0.3, -0.25) is 9.59 Å². The van der Waals surface area contributed by atoms with Crippen LogP contribution in [0.15, 0.2) is 24.3 Å². The predicted molar refractivity (Wildman–Crippen MR) is 79.9 cm³/mol. The summed E-state index contributed by atoms with van der Waals surface area (Å²) in [5, 5.41) is 15.2. The molecule has 2 rings (SSSR count). The molecule has 0 heterocycles. The Morgan fingerprint density at radius 3 is 2.76 bits per heavy atom. The Hall–Kier alpha value is -1.88. The molecule has 21 heavy (non-hydrogen) atoms. The smallest absolute Gasteiger partial charge is 0.251 e. The second kappa shape index (κ2) is 7.22. The summed E-state index contributed by atoms with van der Waals surface area (Å²) in [6, 6.07) is 7.02. The minimum absolute atomic E-state index is 0.0734. The summed E-state index contributed by atoms with van der Waals surface area (Å²) in [5.41, 5.74) is 1.54. The predicted octanol–water partition coefficient (Wildman–Crippen LogP) is 1.14. The number of amides is 2. The molecule has 5 nitrogen and oxygen atoms in total. The fourth-order valence-corrected chi connectivity index (χ4v) is 2.59.